The van der Waals surface area contributed by atoms with Crippen molar-refractivity contribution < 1.29 is 19.4 Å². The number of carboxylic acids is 1. The molecule has 0 saturated carbocycles. The van der Waals surface area contributed by atoms with Crippen LogP contribution in [0.1, 0.15) is 20.8 Å². The summed E-state index contributed by atoms with van der Waals surface area (Å²) in [6.07, 6.45) is 0.851. The zero-order valence-electron chi connectivity index (χ0n) is 8.53. The predicted octanol–water partition coefficient (Wildman–Crippen LogP) is 0.296. The average molecular weight is 201 g/mol. The first-order valence-corrected chi connectivity index (χ1v) is 4.03. The number of hydrogen-bond donors (Lipinski definition) is 2. The van der Waals surface area contributed by atoms with Crippen LogP contribution >= 0.6 is 0 Å². The lowest BCUT2D eigenvalue weighted by Gasteiger charge is -2.25. The largest absolute Gasteiger partial charge is 0.479 e. The summed E-state index contributed by atoms with van der Waals surface area (Å²) >= 11 is 0. The average Bonchev–Trinajstić information content (AvgIpc) is 1.99. The van der Waals surface area contributed by atoms with Crippen molar-refractivity contribution in [3.05, 3.63) is 12.7 Å². The Bertz CT molecular complexity index is 266. The molecular formula is C9H15NO4. The number of carbonyl (C=O) groups excluding carboxylic acids is 1. The normalized spacial score (nSPS) is 15.4. The minimum absolute atomic E-state index is 0.778. The van der Waals surface area contributed by atoms with Gasteiger partial charge in [0.25, 0.3) is 0 Å². The Balaban J connectivity index is 4.82. The van der Waals surface area contributed by atoms with Crippen LogP contribution in [0.2, 0.25) is 0 Å². The van der Waals surface area contributed by atoms with E-state index in [1.165, 1.54) is 0 Å². The molecule has 80 valence electrons. The summed E-state index contributed by atoms with van der Waals surface area (Å²) in [5.74, 6) is -2.51. The van der Waals surface area contributed by atoms with Gasteiger partial charge in [0.2, 0.25) is 5.54 Å². The first kappa shape index (κ1) is 12.6. The van der Waals surface area contributed by atoms with Crippen LogP contribution in [0, 0.1) is 0 Å². The maximum Gasteiger partial charge on any atom is 0.342 e. The molecule has 14 heavy (non-hydrogen) atoms. The standard InChI is InChI=1S/C9H15NO4/c1-5-9(10,6(11)12)7(13)14-8(2,3)4/h5H,1,10H2,2-4H3,(H,11,12)/t9-/m0/s1. The quantitative estimate of drug-likeness (QED) is 0.389. The van der Waals surface area contributed by atoms with Crippen molar-refractivity contribution in [3.63, 3.8) is 0 Å². The number of rotatable bonds is 3. The molecule has 0 aliphatic rings. The molecule has 3 N–H and O–H groups in total. The van der Waals surface area contributed by atoms with Crippen LogP contribution < -0.4 is 5.73 Å². The molecule has 0 rings (SSSR count). The molecule has 0 aliphatic carbocycles. The van der Waals surface area contributed by atoms with Crippen LogP contribution in [-0.2, 0) is 14.3 Å². The van der Waals surface area contributed by atoms with Crippen molar-refractivity contribution in [2.24, 2.45) is 5.73 Å². The maximum absolute atomic E-state index is 11.4. The monoisotopic (exact) mass is 201 g/mol. The molecule has 0 heterocycles. The lowest BCUT2D eigenvalue weighted by Crippen LogP contribution is -2.55. The third-order valence-corrected chi connectivity index (χ3v) is 1.41. The van der Waals surface area contributed by atoms with Gasteiger partial charge >= 0.3 is 11.9 Å². The first-order valence-electron chi connectivity index (χ1n) is 4.03. The Morgan fingerprint density at radius 3 is 2.07 bits per heavy atom. The zero-order chi connectivity index (χ0) is 11.6. The van der Waals surface area contributed by atoms with E-state index in [1.807, 2.05) is 0 Å². The van der Waals surface area contributed by atoms with E-state index in [0.29, 0.717) is 0 Å². The van der Waals surface area contributed by atoms with E-state index in [1.54, 1.807) is 20.8 Å². The van der Waals surface area contributed by atoms with Gasteiger partial charge in [-0.05, 0) is 26.8 Å². The highest BCUT2D eigenvalue weighted by Gasteiger charge is 2.42. The van der Waals surface area contributed by atoms with Crippen molar-refractivity contribution in [2.45, 2.75) is 31.9 Å². The molecule has 5 nitrogen and oxygen atoms in total. The van der Waals surface area contributed by atoms with Gasteiger partial charge in [-0.2, -0.15) is 0 Å². The summed E-state index contributed by atoms with van der Waals surface area (Å²) in [5, 5.41) is 8.70. The first-order chi connectivity index (χ1) is 6.13. The van der Waals surface area contributed by atoms with E-state index in [-0.39, 0.29) is 0 Å². The van der Waals surface area contributed by atoms with Crippen molar-refractivity contribution in [1.82, 2.24) is 0 Å². The fourth-order valence-electron chi connectivity index (χ4n) is 0.620. The Labute approximate surface area is 82.5 Å². The summed E-state index contributed by atoms with van der Waals surface area (Å²) in [5.41, 5.74) is 2.35. The van der Waals surface area contributed by atoms with Gasteiger partial charge in [-0.1, -0.05) is 0 Å². The summed E-state index contributed by atoms with van der Waals surface area (Å²) in [6.45, 7) is 8.06. The third-order valence-electron chi connectivity index (χ3n) is 1.41. The van der Waals surface area contributed by atoms with Crippen LogP contribution in [-0.4, -0.2) is 28.2 Å². The Hall–Kier alpha value is -1.36. The van der Waals surface area contributed by atoms with Crippen LogP contribution in [0.4, 0.5) is 0 Å². The van der Waals surface area contributed by atoms with Gasteiger partial charge in [0.15, 0.2) is 0 Å². The van der Waals surface area contributed by atoms with Crippen molar-refractivity contribution in [3.8, 4) is 0 Å². The van der Waals surface area contributed by atoms with Gasteiger partial charge in [0.1, 0.15) is 5.60 Å². The SMILES string of the molecule is C=C[C@](N)(C(=O)O)C(=O)OC(C)(C)C. The molecule has 0 aromatic carbocycles. The lowest BCUT2D eigenvalue weighted by atomic mass is 10.0. The van der Waals surface area contributed by atoms with Gasteiger partial charge in [-0.15, -0.1) is 6.58 Å². The highest BCUT2D eigenvalue weighted by Crippen LogP contribution is 2.13. The molecular weight excluding hydrogens is 186 g/mol. The molecule has 5 heteroatoms. The van der Waals surface area contributed by atoms with Gasteiger partial charge in [0.05, 0.1) is 0 Å². The van der Waals surface area contributed by atoms with Crippen molar-refractivity contribution >= 4 is 11.9 Å². The van der Waals surface area contributed by atoms with Gasteiger partial charge in [-0.3, -0.25) is 0 Å². The van der Waals surface area contributed by atoms with E-state index in [0.717, 1.165) is 6.08 Å². The molecule has 0 fully saturated rings. The van der Waals surface area contributed by atoms with Crippen LogP contribution in [0.25, 0.3) is 0 Å². The second-order valence-electron chi connectivity index (χ2n) is 3.88. The smallest absolute Gasteiger partial charge is 0.342 e. The summed E-state index contributed by atoms with van der Waals surface area (Å²) < 4.78 is 4.84. The third kappa shape index (κ3) is 2.85. The number of nitrogens with two attached hydrogens (primary N) is 1. The van der Waals surface area contributed by atoms with Crippen LogP contribution in [0.3, 0.4) is 0 Å². The Morgan fingerprint density at radius 1 is 1.43 bits per heavy atom. The minimum Gasteiger partial charge on any atom is -0.479 e. The molecule has 0 aromatic heterocycles. The number of aliphatic carboxylic acids is 1. The maximum atomic E-state index is 11.4. The fraction of sp³-hybridized carbons (Fsp3) is 0.556. The van der Waals surface area contributed by atoms with E-state index in [4.69, 9.17) is 15.6 Å². The van der Waals surface area contributed by atoms with E-state index in [9.17, 15) is 9.59 Å². The molecule has 0 aromatic rings. The van der Waals surface area contributed by atoms with E-state index >= 15 is 0 Å². The summed E-state index contributed by atoms with van der Waals surface area (Å²) in [7, 11) is 0. The molecule has 0 radical (unpaired) electrons. The number of esters is 1. The summed E-state index contributed by atoms with van der Waals surface area (Å²) in [6, 6.07) is 0. The number of hydrogen-bond acceptors (Lipinski definition) is 4. The molecule has 0 spiro atoms. The highest BCUT2D eigenvalue weighted by atomic mass is 16.6. The number of carboxylic acid groups (broad SMARTS) is 1. The topological polar surface area (TPSA) is 89.6 Å². The van der Waals surface area contributed by atoms with Gasteiger partial charge in [-0.25, -0.2) is 9.59 Å². The summed E-state index contributed by atoms with van der Waals surface area (Å²) in [4.78, 5) is 22.0. The fourth-order valence-corrected chi connectivity index (χ4v) is 0.620. The number of ether oxygens (including phenoxy) is 1. The Kier molecular flexibility index (Phi) is 3.42. The molecule has 0 bridgehead atoms. The van der Waals surface area contributed by atoms with Gasteiger partial charge in [0, 0.05) is 0 Å². The van der Waals surface area contributed by atoms with Gasteiger partial charge < -0.3 is 15.6 Å². The number of carbonyl (C=O) groups is 2. The molecule has 0 unspecified atom stereocenters. The highest BCUT2D eigenvalue weighted by molar-refractivity contribution is 6.06. The van der Waals surface area contributed by atoms with E-state index in [2.05, 4.69) is 6.58 Å². The molecule has 1 atom stereocenters. The molecule has 0 amide bonds. The molecule has 0 saturated heterocycles. The van der Waals surface area contributed by atoms with Crippen LogP contribution in [0.5, 0.6) is 0 Å². The zero-order valence-corrected chi connectivity index (χ0v) is 8.53. The predicted molar refractivity (Wildman–Crippen MR) is 50.6 cm³/mol. The molecule has 0 aliphatic heterocycles. The second-order valence-corrected chi connectivity index (χ2v) is 3.88. The van der Waals surface area contributed by atoms with E-state index < -0.39 is 23.1 Å². The minimum atomic E-state index is -2.17. The Morgan fingerprint density at radius 2 is 1.86 bits per heavy atom. The van der Waals surface area contributed by atoms with Crippen LogP contribution in [0.15, 0.2) is 12.7 Å². The second kappa shape index (κ2) is 3.79. The van der Waals surface area contributed by atoms with Crippen molar-refractivity contribution in [2.75, 3.05) is 0 Å². The van der Waals surface area contributed by atoms with Crippen molar-refractivity contribution in [1.29, 1.82) is 0 Å². The lowest BCUT2D eigenvalue weighted by molar-refractivity contribution is -0.166.